The maximum absolute atomic E-state index is 10.2. The highest BCUT2D eigenvalue weighted by Gasteiger charge is 2.30. The number of benzene rings is 1. The largest absolute Gasteiger partial charge is 0.388 e. The van der Waals surface area contributed by atoms with Crippen molar-refractivity contribution >= 4 is 0 Å². The van der Waals surface area contributed by atoms with Crippen LogP contribution in [0.2, 0.25) is 0 Å². The molecular formula is C16H26N2O. The minimum absolute atomic E-state index is 0.378. The maximum Gasteiger partial charge on any atom is 0.0793 e. The lowest BCUT2D eigenvalue weighted by molar-refractivity contribution is -0.0153. The third-order valence-electron chi connectivity index (χ3n) is 4.39. The third kappa shape index (κ3) is 3.35. The first-order valence-corrected chi connectivity index (χ1v) is 7.15. The molecule has 0 radical (unpaired) electrons. The van der Waals surface area contributed by atoms with Gasteiger partial charge in [-0.1, -0.05) is 17.7 Å². The van der Waals surface area contributed by atoms with Gasteiger partial charge in [-0.15, -0.1) is 0 Å². The topological polar surface area (TPSA) is 49.5 Å². The van der Waals surface area contributed by atoms with Crippen molar-refractivity contribution in [3.05, 3.63) is 34.4 Å². The molecule has 0 atom stereocenters. The Balaban J connectivity index is 2.04. The van der Waals surface area contributed by atoms with Gasteiger partial charge >= 0.3 is 0 Å². The van der Waals surface area contributed by atoms with Crippen molar-refractivity contribution < 1.29 is 5.11 Å². The van der Waals surface area contributed by atoms with Crippen LogP contribution in [0.15, 0.2) is 12.1 Å². The highest BCUT2D eigenvalue weighted by molar-refractivity contribution is 5.37. The molecule has 0 unspecified atom stereocenters. The van der Waals surface area contributed by atoms with Crippen molar-refractivity contribution in [1.82, 2.24) is 4.90 Å². The lowest BCUT2D eigenvalue weighted by Crippen LogP contribution is -2.48. The van der Waals surface area contributed by atoms with Crippen molar-refractivity contribution in [1.29, 1.82) is 0 Å². The van der Waals surface area contributed by atoms with E-state index in [1.165, 1.54) is 22.3 Å². The Bertz CT molecular complexity index is 425. The number of nitrogens with zero attached hydrogens (tertiary/aromatic N) is 1. The fourth-order valence-electron chi connectivity index (χ4n) is 3.01. The molecule has 1 aliphatic rings. The highest BCUT2D eigenvalue weighted by atomic mass is 16.3. The molecule has 0 saturated carbocycles. The fourth-order valence-corrected chi connectivity index (χ4v) is 3.01. The van der Waals surface area contributed by atoms with Crippen LogP contribution in [0.3, 0.4) is 0 Å². The molecule has 1 aromatic rings. The molecule has 1 saturated heterocycles. The number of hydrogen-bond donors (Lipinski definition) is 2. The predicted octanol–water partition coefficient (Wildman–Crippen LogP) is 1.90. The smallest absolute Gasteiger partial charge is 0.0793 e. The number of nitrogens with two attached hydrogens (primary N) is 1. The van der Waals surface area contributed by atoms with Gasteiger partial charge in [0.25, 0.3) is 0 Å². The summed E-state index contributed by atoms with van der Waals surface area (Å²) in [7, 11) is 0. The summed E-state index contributed by atoms with van der Waals surface area (Å²) < 4.78 is 0. The molecule has 19 heavy (non-hydrogen) atoms. The van der Waals surface area contributed by atoms with Gasteiger partial charge in [0, 0.05) is 26.2 Å². The monoisotopic (exact) mass is 262 g/mol. The van der Waals surface area contributed by atoms with E-state index in [9.17, 15) is 5.11 Å². The van der Waals surface area contributed by atoms with Crippen molar-refractivity contribution in [2.75, 3.05) is 19.6 Å². The van der Waals surface area contributed by atoms with Gasteiger partial charge in [0.15, 0.2) is 0 Å². The number of aliphatic hydroxyl groups is 1. The van der Waals surface area contributed by atoms with E-state index in [0.717, 1.165) is 32.5 Å². The van der Waals surface area contributed by atoms with Crippen molar-refractivity contribution in [2.45, 2.75) is 45.8 Å². The second-order valence-electron chi connectivity index (χ2n) is 6.08. The Morgan fingerprint density at radius 1 is 1.16 bits per heavy atom. The van der Waals surface area contributed by atoms with Crippen LogP contribution in [0, 0.1) is 20.8 Å². The van der Waals surface area contributed by atoms with Crippen LogP contribution in [-0.2, 0) is 6.54 Å². The van der Waals surface area contributed by atoms with Crippen LogP contribution in [0.25, 0.3) is 0 Å². The van der Waals surface area contributed by atoms with Crippen LogP contribution in [-0.4, -0.2) is 35.2 Å². The Kier molecular flexibility index (Phi) is 4.29. The van der Waals surface area contributed by atoms with E-state index in [1.807, 2.05) is 0 Å². The van der Waals surface area contributed by atoms with E-state index in [1.54, 1.807) is 0 Å². The number of hydrogen-bond acceptors (Lipinski definition) is 3. The minimum Gasteiger partial charge on any atom is -0.388 e. The average Bonchev–Trinajstić information content (AvgIpc) is 2.36. The Hall–Kier alpha value is -0.900. The predicted molar refractivity (Wildman–Crippen MR) is 79.2 cm³/mol. The van der Waals surface area contributed by atoms with E-state index in [4.69, 9.17) is 5.73 Å². The number of rotatable bonds is 3. The van der Waals surface area contributed by atoms with Crippen LogP contribution in [0.1, 0.15) is 35.1 Å². The molecule has 3 heteroatoms. The van der Waals surface area contributed by atoms with Crippen molar-refractivity contribution in [2.24, 2.45) is 5.73 Å². The first kappa shape index (κ1) is 14.5. The second-order valence-corrected chi connectivity index (χ2v) is 6.08. The summed E-state index contributed by atoms with van der Waals surface area (Å²) in [6.07, 6.45) is 1.57. The third-order valence-corrected chi connectivity index (χ3v) is 4.39. The average molecular weight is 262 g/mol. The molecule has 0 aliphatic carbocycles. The molecule has 0 amide bonds. The summed E-state index contributed by atoms with van der Waals surface area (Å²) in [4.78, 5) is 2.43. The summed E-state index contributed by atoms with van der Waals surface area (Å²) in [5.74, 6) is 0. The molecule has 3 nitrogen and oxygen atoms in total. The van der Waals surface area contributed by atoms with Crippen molar-refractivity contribution in [3.8, 4) is 0 Å². The minimum atomic E-state index is -0.631. The molecule has 0 spiro atoms. The van der Waals surface area contributed by atoms with Crippen LogP contribution >= 0.6 is 0 Å². The maximum atomic E-state index is 10.2. The van der Waals surface area contributed by atoms with E-state index in [2.05, 4.69) is 37.8 Å². The molecule has 106 valence electrons. The van der Waals surface area contributed by atoms with E-state index in [0.29, 0.717) is 6.54 Å². The first-order chi connectivity index (χ1) is 8.93. The van der Waals surface area contributed by atoms with Gasteiger partial charge in [0.1, 0.15) is 0 Å². The standard InChI is InChI=1S/C16H26N2O/c1-12-8-13(2)15(14(3)9-12)10-18-6-4-16(19,11-17)5-7-18/h8-9,19H,4-7,10-11,17H2,1-3H3. The van der Waals surface area contributed by atoms with Gasteiger partial charge < -0.3 is 10.8 Å². The summed E-state index contributed by atoms with van der Waals surface area (Å²) in [5.41, 5.74) is 10.5. The van der Waals surface area contributed by atoms with Gasteiger partial charge in [-0.05, 0) is 50.3 Å². The number of piperidine rings is 1. The molecular weight excluding hydrogens is 236 g/mol. The van der Waals surface area contributed by atoms with Gasteiger partial charge in [0.05, 0.1) is 5.60 Å². The zero-order valence-corrected chi connectivity index (χ0v) is 12.4. The zero-order chi connectivity index (χ0) is 14.0. The summed E-state index contributed by atoms with van der Waals surface area (Å²) in [6, 6.07) is 4.50. The summed E-state index contributed by atoms with van der Waals surface area (Å²) in [5, 5.41) is 10.2. The fraction of sp³-hybridized carbons (Fsp3) is 0.625. The number of likely N-dealkylation sites (tertiary alicyclic amines) is 1. The lowest BCUT2D eigenvalue weighted by atomic mass is 9.91. The molecule has 2 rings (SSSR count). The zero-order valence-electron chi connectivity index (χ0n) is 12.4. The normalized spacial score (nSPS) is 19.6. The second kappa shape index (κ2) is 5.61. The van der Waals surface area contributed by atoms with Gasteiger partial charge in [-0.3, -0.25) is 4.90 Å². The van der Waals surface area contributed by atoms with Gasteiger partial charge in [-0.25, -0.2) is 0 Å². The van der Waals surface area contributed by atoms with Crippen LogP contribution in [0.4, 0.5) is 0 Å². The van der Waals surface area contributed by atoms with Crippen LogP contribution in [0.5, 0.6) is 0 Å². The molecule has 3 N–H and O–H groups in total. The Morgan fingerprint density at radius 2 is 1.68 bits per heavy atom. The molecule has 1 aromatic carbocycles. The first-order valence-electron chi connectivity index (χ1n) is 7.15. The van der Waals surface area contributed by atoms with Crippen LogP contribution < -0.4 is 5.73 Å². The number of aryl methyl sites for hydroxylation is 3. The van der Waals surface area contributed by atoms with Gasteiger partial charge in [-0.2, -0.15) is 0 Å². The lowest BCUT2D eigenvalue weighted by Gasteiger charge is -2.37. The molecule has 1 heterocycles. The SMILES string of the molecule is Cc1cc(C)c(CN2CCC(O)(CN)CC2)c(C)c1. The van der Waals surface area contributed by atoms with Gasteiger partial charge in [0.2, 0.25) is 0 Å². The summed E-state index contributed by atoms with van der Waals surface area (Å²) >= 11 is 0. The molecule has 0 bridgehead atoms. The summed E-state index contributed by atoms with van der Waals surface area (Å²) in [6.45, 7) is 9.75. The molecule has 1 aliphatic heterocycles. The highest BCUT2D eigenvalue weighted by Crippen LogP contribution is 2.24. The quantitative estimate of drug-likeness (QED) is 0.874. The molecule has 0 aromatic heterocycles. The Morgan fingerprint density at radius 3 is 2.16 bits per heavy atom. The van der Waals surface area contributed by atoms with E-state index < -0.39 is 5.60 Å². The molecule has 1 fully saturated rings. The van der Waals surface area contributed by atoms with E-state index >= 15 is 0 Å². The van der Waals surface area contributed by atoms with E-state index in [-0.39, 0.29) is 0 Å². The van der Waals surface area contributed by atoms with Crippen molar-refractivity contribution in [3.63, 3.8) is 0 Å². The Labute approximate surface area is 116 Å².